The highest BCUT2D eigenvalue weighted by Crippen LogP contribution is 2.38. The van der Waals surface area contributed by atoms with E-state index in [2.05, 4.69) is 28.8 Å². The molecule has 0 spiro atoms. The molecule has 0 bridgehead atoms. The van der Waals surface area contributed by atoms with Gasteiger partial charge in [0.05, 0.1) is 6.10 Å². The predicted molar refractivity (Wildman–Crippen MR) is 67.6 cm³/mol. The summed E-state index contributed by atoms with van der Waals surface area (Å²) in [5.74, 6) is 0. The summed E-state index contributed by atoms with van der Waals surface area (Å²) in [5.41, 5.74) is 7.45. The van der Waals surface area contributed by atoms with Crippen LogP contribution in [-0.4, -0.2) is 37.2 Å². The number of ether oxygens (including phenoxy) is 1. The molecule has 1 aliphatic rings. The van der Waals surface area contributed by atoms with Gasteiger partial charge in [-0.25, -0.2) is 0 Å². The van der Waals surface area contributed by atoms with Crippen LogP contribution in [0.15, 0.2) is 16.8 Å². The summed E-state index contributed by atoms with van der Waals surface area (Å²) < 4.78 is 5.35. The van der Waals surface area contributed by atoms with Crippen molar-refractivity contribution in [2.45, 2.75) is 31.0 Å². The number of nitrogens with two attached hydrogens (primary N) is 1. The number of likely N-dealkylation sites (N-methyl/N-ethyl adjacent to an activating group) is 1. The molecule has 0 aliphatic heterocycles. The van der Waals surface area contributed by atoms with Gasteiger partial charge in [-0.1, -0.05) is 0 Å². The van der Waals surface area contributed by atoms with E-state index in [-0.39, 0.29) is 5.54 Å². The number of hydrogen-bond acceptors (Lipinski definition) is 4. The summed E-state index contributed by atoms with van der Waals surface area (Å²) in [6.45, 7) is 1.70. The van der Waals surface area contributed by atoms with Crippen LogP contribution < -0.4 is 5.73 Å². The van der Waals surface area contributed by atoms with Crippen molar-refractivity contribution in [2.24, 2.45) is 5.73 Å². The molecule has 3 nitrogen and oxygen atoms in total. The van der Waals surface area contributed by atoms with E-state index in [0.717, 1.165) is 19.4 Å². The highest BCUT2D eigenvalue weighted by atomic mass is 32.1. The smallest absolute Gasteiger partial charge is 0.0607 e. The van der Waals surface area contributed by atoms with E-state index in [4.69, 9.17) is 10.5 Å². The Morgan fingerprint density at radius 2 is 2.38 bits per heavy atom. The Morgan fingerprint density at radius 3 is 2.88 bits per heavy atom. The zero-order valence-electron chi connectivity index (χ0n) is 9.98. The van der Waals surface area contributed by atoms with Gasteiger partial charge in [-0.15, -0.1) is 0 Å². The molecular formula is C12H20N2OS. The summed E-state index contributed by atoms with van der Waals surface area (Å²) in [4.78, 5) is 2.38. The summed E-state index contributed by atoms with van der Waals surface area (Å²) in [5, 5.41) is 4.32. The first kappa shape index (κ1) is 12.0. The monoisotopic (exact) mass is 240 g/mol. The number of thiophene rings is 1. The average molecular weight is 240 g/mol. The van der Waals surface area contributed by atoms with Gasteiger partial charge in [0.2, 0.25) is 0 Å². The van der Waals surface area contributed by atoms with Gasteiger partial charge in [-0.05, 0) is 42.3 Å². The van der Waals surface area contributed by atoms with Crippen LogP contribution in [0.25, 0.3) is 0 Å². The van der Waals surface area contributed by atoms with E-state index in [1.807, 2.05) is 0 Å². The van der Waals surface area contributed by atoms with E-state index in [1.165, 1.54) is 5.56 Å². The normalized spacial score (nSPS) is 29.4. The van der Waals surface area contributed by atoms with Gasteiger partial charge in [-0.3, -0.25) is 4.90 Å². The average Bonchev–Trinajstić information content (AvgIpc) is 2.70. The molecule has 1 saturated carbocycles. The largest absolute Gasteiger partial charge is 0.381 e. The van der Waals surface area contributed by atoms with Crippen LogP contribution in [0, 0.1) is 0 Å². The minimum Gasteiger partial charge on any atom is -0.381 e. The van der Waals surface area contributed by atoms with Gasteiger partial charge in [-0.2, -0.15) is 11.3 Å². The van der Waals surface area contributed by atoms with Crippen LogP contribution >= 0.6 is 11.3 Å². The number of hydrogen-bond donors (Lipinski definition) is 1. The first-order valence-corrected chi connectivity index (χ1v) is 6.59. The second-order valence-corrected chi connectivity index (χ2v) is 5.46. The molecular weight excluding hydrogens is 220 g/mol. The fourth-order valence-electron chi connectivity index (χ4n) is 2.41. The Kier molecular flexibility index (Phi) is 3.64. The van der Waals surface area contributed by atoms with Gasteiger partial charge in [0.1, 0.15) is 0 Å². The molecule has 2 N–H and O–H groups in total. The van der Waals surface area contributed by atoms with Crippen molar-refractivity contribution in [1.29, 1.82) is 0 Å². The maximum Gasteiger partial charge on any atom is 0.0607 e. The third kappa shape index (κ3) is 2.15. The zero-order valence-corrected chi connectivity index (χ0v) is 10.8. The van der Waals surface area contributed by atoms with Crippen LogP contribution in [0.5, 0.6) is 0 Å². The molecule has 4 heteroatoms. The third-order valence-corrected chi connectivity index (χ3v) is 4.47. The fourth-order valence-corrected chi connectivity index (χ4v) is 3.07. The molecule has 2 rings (SSSR count). The van der Waals surface area contributed by atoms with E-state index < -0.39 is 0 Å². The highest BCUT2D eigenvalue weighted by Gasteiger charge is 2.46. The maximum absolute atomic E-state index is 5.92. The predicted octanol–water partition coefficient (Wildman–Crippen LogP) is 1.69. The molecule has 0 radical (unpaired) electrons. The van der Waals surface area contributed by atoms with Gasteiger partial charge < -0.3 is 10.5 Å². The molecule has 0 saturated heterocycles. The lowest BCUT2D eigenvalue weighted by molar-refractivity contribution is -0.0811. The minimum atomic E-state index is 0.155. The van der Waals surface area contributed by atoms with Crippen LogP contribution in [0.1, 0.15) is 18.4 Å². The standard InChI is InChI=1S/C12H20N2OS/c1-14(7-10-3-4-16-8-10)12(9-13)5-11(6-12)15-2/h3-4,8,11H,5-7,9,13H2,1-2H3. The van der Waals surface area contributed by atoms with E-state index in [9.17, 15) is 0 Å². The number of nitrogens with zero attached hydrogens (tertiary/aromatic N) is 1. The summed E-state index contributed by atoms with van der Waals surface area (Å²) in [6, 6.07) is 2.18. The summed E-state index contributed by atoms with van der Waals surface area (Å²) in [6.07, 6.45) is 2.51. The van der Waals surface area contributed by atoms with Crippen LogP contribution in [0.4, 0.5) is 0 Å². The maximum atomic E-state index is 5.92. The van der Waals surface area contributed by atoms with Crippen molar-refractivity contribution < 1.29 is 4.74 Å². The van der Waals surface area contributed by atoms with Crippen molar-refractivity contribution in [3.8, 4) is 0 Å². The lowest BCUT2D eigenvalue weighted by Crippen LogP contribution is -2.62. The molecule has 16 heavy (non-hydrogen) atoms. The SMILES string of the molecule is COC1CC(CN)(N(C)Cc2ccsc2)C1. The highest BCUT2D eigenvalue weighted by molar-refractivity contribution is 7.07. The summed E-state index contributed by atoms with van der Waals surface area (Å²) >= 11 is 1.75. The summed E-state index contributed by atoms with van der Waals surface area (Å²) in [7, 11) is 3.94. The van der Waals surface area contributed by atoms with Gasteiger partial charge in [0, 0.05) is 25.7 Å². The molecule has 1 fully saturated rings. The van der Waals surface area contributed by atoms with Crippen molar-refractivity contribution in [3.05, 3.63) is 22.4 Å². The Morgan fingerprint density at radius 1 is 1.62 bits per heavy atom. The van der Waals surface area contributed by atoms with Gasteiger partial charge >= 0.3 is 0 Å². The zero-order chi connectivity index (χ0) is 11.6. The lowest BCUT2D eigenvalue weighted by Gasteiger charge is -2.52. The van der Waals surface area contributed by atoms with Crippen molar-refractivity contribution in [2.75, 3.05) is 20.7 Å². The Hall–Kier alpha value is -0.420. The molecule has 1 aliphatic carbocycles. The van der Waals surface area contributed by atoms with Crippen LogP contribution in [0.2, 0.25) is 0 Å². The first-order chi connectivity index (χ1) is 7.70. The Bertz CT molecular complexity index is 320. The lowest BCUT2D eigenvalue weighted by atomic mass is 9.73. The molecule has 1 heterocycles. The van der Waals surface area contributed by atoms with Crippen molar-refractivity contribution >= 4 is 11.3 Å². The second kappa shape index (κ2) is 4.84. The molecule has 0 aromatic carbocycles. The Balaban J connectivity index is 1.95. The van der Waals surface area contributed by atoms with Gasteiger partial charge in [0.25, 0.3) is 0 Å². The molecule has 0 amide bonds. The molecule has 0 unspecified atom stereocenters. The van der Waals surface area contributed by atoms with Crippen LogP contribution in [-0.2, 0) is 11.3 Å². The second-order valence-electron chi connectivity index (χ2n) is 4.68. The molecule has 0 atom stereocenters. The quantitative estimate of drug-likeness (QED) is 0.851. The van der Waals surface area contributed by atoms with E-state index >= 15 is 0 Å². The van der Waals surface area contributed by atoms with Gasteiger partial charge in [0.15, 0.2) is 0 Å². The Labute approximate surface area is 101 Å². The van der Waals surface area contributed by atoms with E-state index in [0.29, 0.717) is 12.6 Å². The minimum absolute atomic E-state index is 0.155. The molecule has 1 aromatic rings. The topological polar surface area (TPSA) is 38.5 Å². The van der Waals surface area contributed by atoms with Crippen LogP contribution in [0.3, 0.4) is 0 Å². The van der Waals surface area contributed by atoms with E-state index in [1.54, 1.807) is 18.4 Å². The fraction of sp³-hybridized carbons (Fsp3) is 0.667. The molecule has 1 aromatic heterocycles. The third-order valence-electron chi connectivity index (χ3n) is 3.74. The molecule has 90 valence electrons. The number of rotatable bonds is 5. The first-order valence-electron chi connectivity index (χ1n) is 5.65. The number of methoxy groups -OCH3 is 1. The van der Waals surface area contributed by atoms with Crippen molar-refractivity contribution in [3.63, 3.8) is 0 Å². The van der Waals surface area contributed by atoms with Crippen molar-refractivity contribution in [1.82, 2.24) is 4.90 Å².